The van der Waals surface area contributed by atoms with Crippen LogP contribution in [0.3, 0.4) is 0 Å². The van der Waals surface area contributed by atoms with Crippen LogP contribution in [0.25, 0.3) is 0 Å². The molecule has 14 heavy (non-hydrogen) atoms. The van der Waals surface area contributed by atoms with E-state index < -0.39 is 0 Å². The first-order chi connectivity index (χ1) is 6.56. The van der Waals surface area contributed by atoms with Crippen LogP contribution >= 0.6 is 11.6 Å². The molecule has 0 aliphatic carbocycles. The van der Waals surface area contributed by atoms with Gasteiger partial charge in [0, 0.05) is 5.02 Å². The second-order valence-corrected chi connectivity index (χ2v) is 3.51. The van der Waals surface area contributed by atoms with E-state index in [0.29, 0.717) is 10.6 Å². The molecule has 2 N–H and O–H groups in total. The molecular formula is C10H12ClNO2. The summed E-state index contributed by atoms with van der Waals surface area (Å²) in [4.78, 5) is 11.5. The maximum absolute atomic E-state index is 11.5. The first-order valence-electron chi connectivity index (χ1n) is 4.23. The molecule has 0 saturated carbocycles. The van der Waals surface area contributed by atoms with Crippen molar-refractivity contribution in [3.05, 3.63) is 28.3 Å². The van der Waals surface area contributed by atoms with E-state index in [4.69, 9.17) is 11.6 Å². The summed E-state index contributed by atoms with van der Waals surface area (Å²) in [5.74, 6) is -0.162. The first kappa shape index (κ1) is 11.0. The van der Waals surface area contributed by atoms with Crippen LogP contribution in [0.2, 0.25) is 5.02 Å². The minimum absolute atomic E-state index is 0.00894. The number of Topliss-reactive ketones (excluding diaryl/α,β-unsaturated/α-hetero) is 1. The van der Waals surface area contributed by atoms with Gasteiger partial charge in [-0.3, -0.25) is 4.79 Å². The standard InChI is InChI=1S/C10H12ClNO2/c1-6-3-7(11)4-8(10(6)14)9(13)5-12-2/h3-4,12,14H,5H2,1-2H3. The van der Waals surface area contributed by atoms with E-state index in [1.165, 1.54) is 6.07 Å². The molecule has 1 aromatic carbocycles. The van der Waals surface area contributed by atoms with Crippen LogP contribution in [0.4, 0.5) is 0 Å². The number of benzene rings is 1. The highest BCUT2D eigenvalue weighted by molar-refractivity contribution is 6.31. The van der Waals surface area contributed by atoms with Crippen LogP contribution in [-0.4, -0.2) is 24.5 Å². The molecule has 0 amide bonds. The van der Waals surface area contributed by atoms with Crippen LogP contribution in [0.5, 0.6) is 5.75 Å². The number of ketones is 1. The molecule has 1 aromatic rings. The van der Waals surface area contributed by atoms with Gasteiger partial charge in [-0.05, 0) is 31.7 Å². The molecule has 0 saturated heterocycles. The van der Waals surface area contributed by atoms with Crippen molar-refractivity contribution in [2.24, 2.45) is 0 Å². The van der Waals surface area contributed by atoms with Gasteiger partial charge in [0.2, 0.25) is 0 Å². The van der Waals surface area contributed by atoms with E-state index in [0.717, 1.165) is 0 Å². The fourth-order valence-electron chi connectivity index (χ4n) is 1.20. The molecule has 0 aliphatic heterocycles. The molecule has 0 fully saturated rings. The van der Waals surface area contributed by atoms with Crippen molar-refractivity contribution in [3.63, 3.8) is 0 Å². The number of hydrogen-bond acceptors (Lipinski definition) is 3. The Bertz CT molecular complexity index is 363. The van der Waals surface area contributed by atoms with Crippen LogP contribution in [-0.2, 0) is 0 Å². The zero-order chi connectivity index (χ0) is 10.7. The molecule has 1 rings (SSSR count). The molecule has 0 atom stereocenters. The van der Waals surface area contributed by atoms with Gasteiger partial charge in [0.1, 0.15) is 5.75 Å². The van der Waals surface area contributed by atoms with Gasteiger partial charge in [0.15, 0.2) is 5.78 Å². The summed E-state index contributed by atoms with van der Waals surface area (Å²) in [6, 6.07) is 3.09. The number of halogens is 1. The summed E-state index contributed by atoms with van der Waals surface area (Å²) in [5.41, 5.74) is 0.876. The Balaban J connectivity index is 3.13. The van der Waals surface area contributed by atoms with Gasteiger partial charge in [-0.15, -0.1) is 0 Å². The maximum Gasteiger partial charge on any atom is 0.180 e. The number of nitrogens with one attached hydrogen (secondary N) is 1. The summed E-state index contributed by atoms with van der Waals surface area (Å²) in [6.45, 7) is 1.89. The van der Waals surface area contributed by atoms with Crippen LogP contribution in [0, 0.1) is 6.92 Å². The van der Waals surface area contributed by atoms with Gasteiger partial charge in [-0.2, -0.15) is 0 Å². The third-order valence-electron chi connectivity index (χ3n) is 1.90. The molecule has 0 bridgehead atoms. The predicted molar refractivity (Wildman–Crippen MR) is 56.1 cm³/mol. The minimum Gasteiger partial charge on any atom is -0.507 e. The average Bonchev–Trinajstić information content (AvgIpc) is 2.11. The summed E-state index contributed by atoms with van der Waals surface area (Å²) in [7, 11) is 1.67. The number of carbonyl (C=O) groups is 1. The largest absolute Gasteiger partial charge is 0.507 e. The normalized spacial score (nSPS) is 10.2. The van der Waals surface area contributed by atoms with E-state index in [2.05, 4.69) is 5.32 Å². The minimum atomic E-state index is -0.171. The number of likely N-dealkylation sites (N-methyl/N-ethyl adjacent to an activating group) is 1. The molecule has 0 spiro atoms. The van der Waals surface area contributed by atoms with Gasteiger partial charge < -0.3 is 10.4 Å². The number of aromatic hydroxyl groups is 1. The van der Waals surface area contributed by atoms with Gasteiger partial charge in [0.25, 0.3) is 0 Å². The van der Waals surface area contributed by atoms with E-state index in [1.807, 2.05) is 0 Å². The Morgan fingerprint density at radius 2 is 2.21 bits per heavy atom. The molecule has 0 unspecified atom stereocenters. The van der Waals surface area contributed by atoms with Crippen LogP contribution in [0.1, 0.15) is 15.9 Å². The fraction of sp³-hybridized carbons (Fsp3) is 0.300. The average molecular weight is 214 g/mol. The Kier molecular flexibility index (Phi) is 3.49. The summed E-state index contributed by atoms with van der Waals surface area (Å²) in [5, 5.41) is 12.8. The van der Waals surface area contributed by atoms with E-state index in [1.54, 1.807) is 20.0 Å². The SMILES string of the molecule is CNCC(=O)c1cc(Cl)cc(C)c1O. The monoisotopic (exact) mass is 213 g/mol. The van der Waals surface area contributed by atoms with Crippen molar-refractivity contribution in [3.8, 4) is 5.75 Å². The lowest BCUT2D eigenvalue weighted by atomic mass is 10.1. The van der Waals surface area contributed by atoms with Gasteiger partial charge in [-0.25, -0.2) is 0 Å². The lowest BCUT2D eigenvalue weighted by Gasteiger charge is -2.06. The molecule has 0 aromatic heterocycles. The van der Waals surface area contributed by atoms with E-state index >= 15 is 0 Å². The van der Waals surface area contributed by atoms with Crippen LogP contribution < -0.4 is 5.32 Å². The highest BCUT2D eigenvalue weighted by Gasteiger charge is 2.13. The van der Waals surface area contributed by atoms with Crippen molar-refractivity contribution in [2.45, 2.75) is 6.92 Å². The molecule has 0 aliphatic rings. The molecule has 76 valence electrons. The molecular weight excluding hydrogens is 202 g/mol. The Hall–Kier alpha value is -1.06. The molecule has 0 heterocycles. The third-order valence-corrected chi connectivity index (χ3v) is 2.12. The third kappa shape index (κ3) is 2.25. The van der Waals surface area contributed by atoms with E-state index in [-0.39, 0.29) is 23.6 Å². The zero-order valence-corrected chi connectivity index (χ0v) is 8.85. The highest BCUT2D eigenvalue weighted by Crippen LogP contribution is 2.26. The van der Waals surface area contributed by atoms with Gasteiger partial charge in [-0.1, -0.05) is 11.6 Å². The predicted octanol–water partition coefficient (Wildman–Crippen LogP) is 1.76. The van der Waals surface area contributed by atoms with Crippen molar-refractivity contribution in [1.82, 2.24) is 5.32 Å². The quantitative estimate of drug-likeness (QED) is 0.753. The van der Waals surface area contributed by atoms with E-state index in [9.17, 15) is 9.90 Å². The van der Waals surface area contributed by atoms with Crippen molar-refractivity contribution >= 4 is 17.4 Å². The molecule has 0 radical (unpaired) electrons. The Labute approximate surface area is 87.7 Å². The van der Waals surface area contributed by atoms with Crippen molar-refractivity contribution in [2.75, 3.05) is 13.6 Å². The molecule has 3 nitrogen and oxygen atoms in total. The lowest BCUT2D eigenvalue weighted by Crippen LogP contribution is -2.18. The summed E-state index contributed by atoms with van der Waals surface area (Å²) in [6.07, 6.45) is 0. The number of phenolic OH excluding ortho intramolecular Hbond substituents is 1. The summed E-state index contributed by atoms with van der Waals surface area (Å²) >= 11 is 5.78. The zero-order valence-electron chi connectivity index (χ0n) is 8.10. The molecule has 4 heteroatoms. The number of rotatable bonds is 3. The first-order valence-corrected chi connectivity index (χ1v) is 4.61. The number of aryl methyl sites for hydroxylation is 1. The second-order valence-electron chi connectivity index (χ2n) is 3.07. The Morgan fingerprint density at radius 3 is 2.79 bits per heavy atom. The Morgan fingerprint density at radius 1 is 1.57 bits per heavy atom. The number of carbonyl (C=O) groups excluding carboxylic acids is 1. The number of hydrogen-bond donors (Lipinski definition) is 2. The smallest absolute Gasteiger partial charge is 0.180 e. The second kappa shape index (κ2) is 4.44. The van der Waals surface area contributed by atoms with Crippen LogP contribution in [0.15, 0.2) is 12.1 Å². The topological polar surface area (TPSA) is 49.3 Å². The summed E-state index contributed by atoms with van der Waals surface area (Å²) < 4.78 is 0. The highest BCUT2D eigenvalue weighted by atomic mass is 35.5. The van der Waals surface area contributed by atoms with Crippen molar-refractivity contribution in [1.29, 1.82) is 0 Å². The maximum atomic E-state index is 11.5. The number of phenols is 1. The fourth-order valence-corrected chi connectivity index (χ4v) is 1.48. The van der Waals surface area contributed by atoms with Gasteiger partial charge in [0.05, 0.1) is 12.1 Å². The van der Waals surface area contributed by atoms with Crippen molar-refractivity contribution < 1.29 is 9.90 Å². The lowest BCUT2D eigenvalue weighted by molar-refractivity contribution is 0.0991. The van der Waals surface area contributed by atoms with Gasteiger partial charge >= 0.3 is 0 Å².